The van der Waals surface area contributed by atoms with Crippen LogP contribution in [0.25, 0.3) is 0 Å². The SMILES string of the molecule is COc1cc(C(=O)C(=O)CCCCC2N=CCN(CCCO)C2=O)cc(OC)c1OC. The number of Topliss-reactive ketones (excluding diaryl/α,β-unsaturated/α-hetero) is 2. The number of unbranched alkanes of at least 4 members (excludes halogenated alkanes) is 1. The Bertz CT molecular complexity index is 797. The zero-order chi connectivity index (χ0) is 22.8. The van der Waals surface area contributed by atoms with E-state index in [1.165, 1.54) is 33.5 Å². The highest BCUT2D eigenvalue weighted by Crippen LogP contribution is 2.38. The van der Waals surface area contributed by atoms with Crippen molar-refractivity contribution in [1.82, 2.24) is 4.90 Å². The van der Waals surface area contributed by atoms with Crippen LogP contribution < -0.4 is 14.2 Å². The topological polar surface area (TPSA) is 115 Å². The molecule has 0 fully saturated rings. The van der Waals surface area contributed by atoms with E-state index in [4.69, 9.17) is 19.3 Å². The van der Waals surface area contributed by atoms with E-state index in [9.17, 15) is 14.4 Å². The number of carbonyl (C=O) groups is 3. The molecule has 1 unspecified atom stereocenters. The number of aliphatic hydroxyl groups excluding tert-OH is 1. The molecule has 1 amide bonds. The van der Waals surface area contributed by atoms with E-state index < -0.39 is 17.6 Å². The Labute approximate surface area is 182 Å². The third kappa shape index (κ3) is 6.27. The molecular weight excluding hydrogens is 404 g/mol. The summed E-state index contributed by atoms with van der Waals surface area (Å²) >= 11 is 0. The summed E-state index contributed by atoms with van der Waals surface area (Å²) in [6.45, 7) is 0.990. The highest BCUT2D eigenvalue weighted by molar-refractivity contribution is 6.43. The Balaban J connectivity index is 1.89. The van der Waals surface area contributed by atoms with Crippen molar-refractivity contribution in [3.63, 3.8) is 0 Å². The molecule has 1 heterocycles. The van der Waals surface area contributed by atoms with Gasteiger partial charge in [-0.2, -0.15) is 0 Å². The van der Waals surface area contributed by atoms with Gasteiger partial charge in [-0.05, 0) is 31.4 Å². The van der Waals surface area contributed by atoms with Crippen LogP contribution in [0.1, 0.15) is 42.5 Å². The van der Waals surface area contributed by atoms with E-state index in [0.29, 0.717) is 56.0 Å². The number of hydrogen-bond donors (Lipinski definition) is 1. The van der Waals surface area contributed by atoms with Crippen molar-refractivity contribution in [3.8, 4) is 17.2 Å². The molecule has 1 atom stereocenters. The van der Waals surface area contributed by atoms with Gasteiger partial charge >= 0.3 is 0 Å². The van der Waals surface area contributed by atoms with Gasteiger partial charge in [0, 0.05) is 31.4 Å². The van der Waals surface area contributed by atoms with Crippen molar-refractivity contribution in [2.45, 2.75) is 38.1 Å². The summed E-state index contributed by atoms with van der Waals surface area (Å²) in [5, 5.41) is 8.94. The fourth-order valence-electron chi connectivity index (χ4n) is 3.41. The average molecular weight is 434 g/mol. The number of amides is 1. The zero-order valence-electron chi connectivity index (χ0n) is 18.3. The van der Waals surface area contributed by atoms with Crippen molar-refractivity contribution in [2.24, 2.45) is 4.99 Å². The maximum atomic E-state index is 12.6. The minimum atomic E-state index is -0.624. The molecule has 1 aromatic carbocycles. The molecule has 1 aliphatic rings. The molecule has 0 aromatic heterocycles. The van der Waals surface area contributed by atoms with Gasteiger partial charge in [-0.1, -0.05) is 6.42 Å². The predicted molar refractivity (Wildman–Crippen MR) is 114 cm³/mol. The molecule has 31 heavy (non-hydrogen) atoms. The van der Waals surface area contributed by atoms with Crippen molar-refractivity contribution >= 4 is 23.7 Å². The number of methoxy groups -OCH3 is 3. The fourth-order valence-corrected chi connectivity index (χ4v) is 3.41. The van der Waals surface area contributed by atoms with Crippen LogP contribution in [0.2, 0.25) is 0 Å². The van der Waals surface area contributed by atoms with Gasteiger partial charge in [0.25, 0.3) is 0 Å². The molecule has 1 aromatic rings. The lowest BCUT2D eigenvalue weighted by molar-refractivity contribution is -0.132. The first-order chi connectivity index (χ1) is 15.0. The van der Waals surface area contributed by atoms with Crippen LogP contribution in [0.4, 0.5) is 0 Å². The average Bonchev–Trinajstić information content (AvgIpc) is 2.80. The van der Waals surface area contributed by atoms with E-state index in [2.05, 4.69) is 4.99 Å². The molecule has 0 radical (unpaired) electrons. The number of ether oxygens (including phenoxy) is 3. The van der Waals surface area contributed by atoms with E-state index in [-0.39, 0.29) is 24.5 Å². The lowest BCUT2D eigenvalue weighted by Gasteiger charge is -2.27. The molecule has 0 spiro atoms. The fraction of sp³-hybridized carbons (Fsp3) is 0.545. The van der Waals surface area contributed by atoms with Gasteiger partial charge in [0.05, 0.1) is 27.9 Å². The molecule has 9 heteroatoms. The van der Waals surface area contributed by atoms with Crippen molar-refractivity contribution in [1.29, 1.82) is 0 Å². The summed E-state index contributed by atoms with van der Waals surface area (Å²) in [6.07, 6.45) is 3.90. The Hall–Kier alpha value is -2.94. The van der Waals surface area contributed by atoms with Crippen LogP contribution in [0, 0.1) is 0 Å². The summed E-state index contributed by atoms with van der Waals surface area (Å²) in [4.78, 5) is 43.3. The molecule has 0 bridgehead atoms. The van der Waals surface area contributed by atoms with Gasteiger partial charge in [-0.3, -0.25) is 19.4 Å². The lowest BCUT2D eigenvalue weighted by Crippen LogP contribution is -2.43. The second-order valence-corrected chi connectivity index (χ2v) is 7.12. The second kappa shape index (κ2) is 12.0. The van der Waals surface area contributed by atoms with Gasteiger partial charge in [0.1, 0.15) is 6.04 Å². The van der Waals surface area contributed by atoms with E-state index in [1.807, 2.05) is 0 Å². The van der Waals surface area contributed by atoms with Gasteiger partial charge in [0.2, 0.25) is 23.2 Å². The maximum absolute atomic E-state index is 12.6. The molecule has 170 valence electrons. The highest BCUT2D eigenvalue weighted by Gasteiger charge is 2.26. The number of aliphatic hydroxyl groups is 1. The molecule has 0 aliphatic carbocycles. The largest absolute Gasteiger partial charge is 0.493 e. The number of carbonyl (C=O) groups excluding carboxylic acids is 3. The second-order valence-electron chi connectivity index (χ2n) is 7.12. The van der Waals surface area contributed by atoms with Crippen LogP contribution >= 0.6 is 0 Å². The summed E-state index contributed by atoms with van der Waals surface area (Å²) in [6, 6.07) is 2.45. The van der Waals surface area contributed by atoms with Crippen LogP contribution in [0.15, 0.2) is 17.1 Å². The minimum absolute atomic E-state index is 0.0354. The number of ketones is 2. The van der Waals surface area contributed by atoms with E-state index in [1.54, 1.807) is 11.1 Å². The maximum Gasteiger partial charge on any atom is 0.247 e. The summed E-state index contributed by atoms with van der Waals surface area (Å²) in [7, 11) is 4.33. The first-order valence-corrected chi connectivity index (χ1v) is 10.3. The Morgan fingerprint density at radius 2 is 1.77 bits per heavy atom. The van der Waals surface area contributed by atoms with Crippen molar-refractivity contribution in [2.75, 3.05) is 41.0 Å². The first kappa shape index (κ1) is 24.3. The Morgan fingerprint density at radius 1 is 1.10 bits per heavy atom. The summed E-state index contributed by atoms with van der Waals surface area (Å²) in [5.74, 6) is -0.246. The zero-order valence-corrected chi connectivity index (χ0v) is 18.3. The molecular formula is C22H30N2O7. The third-order valence-electron chi connectivity index (χ3n) is 5.08. The minimum Gasteiger partial charge on any atom is -0.493 e. The smallest absolute Gasteiger partial charge is 0.247 e. The Morgan fingerprint density at radius 3 is 2.35 bits per heavy atom. The van der Waals surface area contributed by atoms with Gasteiger partial charge in [-0.25, -0.2) is 0 Å². The number of hydrogen-bond acceptors (Lipinski definition) is 8. The quantitative estimate of drug-likeness (QED) is 0.285. The molecule has 0 saturated heterocycles. The van der Waals surface area contributed by atoms with Crippen LogP contribution in [-0.4, -0.2) is 80.8 Å². The van der Waals surface area contributed by atoms with E-state index >= 15 is 0 Å². The molecule has 1 aliphatic heterocycles. The van der Waals surface area contributed by atoms with Crippen molar-refractivity contribution in [3.05, 3.63) is 17.7 Å². The molecule has 0 saturated carbocycles. The number of nitrogens with zero attached hydrogens (tertiary/aromatic N) is 2. The monoisotopic (exact) mass is 434 g/mol. The molecule has 9 nitrogen and oxygen atoms in total. The summed E-state index contributed by atoms with van der Waals surface area (Å²) in [5.41, 5.74) is 0.172. The third-order valence-corrected chi connectivity index (χ3v) is 5.08. The van der Waals surface area contributed by atoms with Crippen LogP contribution in [-0.2, 0) is 9.59 Å². The first-order valence-electron chi connectivity index (χ1n) is 10.3. The van der Waals surface area contributed by atoms with Crippen molar-refractivity contribution < 1.29 is 33.7 Å². The highest BCUT2D eigenvalue weighted by atomic mass is 16.5. The molecule has 1 N–H and O–H groups in total. The number of benzene rings is 1. The normalized spacial score (nSPS) is 15.7. The van der Waals surface area contributed by atoms with Gasteiger partial charge < -0.3 is 24.2 Å². The van der Waals surface area contributed by atoms with E-state index in [0.717, 1.165) is 0 Å². The van der Waals surface area contributed by atoms with Crippen LogP contribution in [0.3, 0.4) is 0 Å². The lowest BCUT2D eigenvalue weighted by atomic mass is 10.00. The predicted octanol–water partition coefficient (Wildman–Crippen LogP) is 1.69. The number of aliphatic imine (C=N–C) groups is 1. The number of rotatable bonds is 13. The Kier molecular flexibility index (Phi) is 9.45. The van der Waals surface area contributed by atoms with Gasteiger partial charge in [0.15, 0.2) is 11.5 Å². The standard InChI is InChI=1S/C22H30N2O7/c1-29-18-13-15(14-19(30-2)21(18)31-3)20(27)17(26)8-5-4-7-16-22(28)24(10-6-12-25)11-9-23-16/h9,13-14,16,25H,4-8,10-12H2,1-3H3. The molecule has 2 rings (SSSR count). The summed E-state index contributed by atoms with van der Waals surface area (Å²) < 4.78 is 15.7. The van der Waals surface area contributed by atoms with Crippen LogP contribution in [0.5, 0.6) is 17.2 Å². The van der Waals surface area contributed by atoms with Gasteiger partial charge in [-0.15, -0.1) is 0 Å².